The fourth-order valence-corrected chi connectivity index (χ4v) is 7.81. The van der Waals surface area contributed by atoms with Crippen molar-refractivity contribution >= 4 is 5.57 Å². The number of rotatable bonds is 5. The second kappa shape index (κ2) is 7.31. The van der Waals surface area contributed by atoms with E-state index in [-0.39, 0.29) is 12.0 Å². The summed E-state index contributed by atoms with van der Waals surface area (Å²) < 4.78 is 4.20. The van der Waals surface area contributed by atoms with Crippen LogP contribution in [-0.2, 0) is 5.41 Å². The van der Waals surface area contributed by atoms with Gasteiger partial charge in [-0.1, -0.05) is 36.4 Å². The van der Waals surface area contributed by atoms with Crippen LogP contribution in [0.3, 0.4) is 0 Å². The van der Waals surface area contributed by atoms with Crippen molar-refractivity contribution in [3.63, 3.8) is 0 Å². The zero-order chi connectivity index (χ0) is 22.0. The van der Waals surface area contributed by atoms with E-state index in [1.165, 1.54) is 49.8 Å². The van der Waals surface area contributed by atoms with Gasteiger partial charge in [0.15, 0.2) is 0 Å². The first-order valence-corrected chi connectivity index (χ1v) is 12.7. The molecule has 4 fully saturated rings. The molecule has 0 unspecified atom stereocenters. The monoisotopic (exact) mass is 436 g/mol. The maximum atomic E-state index is 5.26. The van der Waals surface area contributed by atoms with Crippen LogP contribution < -0.4 is 0 Å². The molecular formula is C29H32N4. The van der Waals surface area contributed by atoms with Crippen LogP contribution in [0.1, 0.15) is 62.9 Å². The van der Waals surface area contributed by atoms with Gasteiger partial charge in [0.05, 0.1) is 23.1 Å². The molecule has 1 aromatic carbocycles. The molecule has 4 heteroatoms. The normalized spacial score (nSPS) is 32.9. The zero-order valence-corrected chi connectivity index (χ0v) is 19.3. The minimum absolute atomic E-state index is 0.263. The van der Waals surface area contributed by atoms with Crippen molar-refractivity contribution < 1.29 is 0 Å². The van der Waals surface area contributed by atoms with E-state index in [1.807, 2.05) is 10.7 Å². The Hall–Kier alpha value is -2.88. The fraction of sp³-hybridized carbons (Fsp3) is 0.448. The van der Waals surface area contributed by atoms with E-state index in [4.69, 9.17) is 10.2 Å². The average Bonchev–Trinajstić information content (AvgIpc) is 3.59. The van der Waals surface area contributed by atoms with Gasteiger partial charge in [0, 0.05) is 23.7 Å². The van der Waals surface area contributed by atoms with Crippen LogP contribution in [0.5, 0.6) is 0 Å². The smallest absolute Gasteiger partial charge is 0.0894 e. The van der Waals surface area contributed by atoms with E-state index >= 15 is 0 Å². The van der Waals surface area contributed by atoms with Crippen LogP contribution in [0.2, 0.25) is 0 Å². The molecule has 0 saturated heterocycles. The number of hydrogen-bond donors (Lipinski definition) is 0. The van der Waals surface area contributed by atoms with Crippen molar-refractivity contribution in [2.24, 2.45) is 23.7 Å². The topological polar surface area (TPSA) is 35.6 Å². The van der Waals surface area contributed by atoms with Gasteiger partial charge in [-0.15, -0.1) is 0 Å². The van der Waals surface area contributed by atoms with Gasteiger partial charge in [0.25, 0.3) is 0 Å². The molecule has 8 rings (SSSR count). The van der Waals surface area contributed by atoms with Crippen molar-refractivity contribution in [3.05, 3.63) is 84.5 Å². The molecule has 33 heavy (non-hydrogen) atoms. The third-order valence-electron chi connectivity index (χ3n) is 8.99. The van der Waals surface area contributed by atoms with E-state index in [2.05, 4.69) is 78.6 Å². The molecule has 4 saturated carbocycles. The zero-order valence-electron chi connectivity index (χ0n) is 19.3. The molecule has 5 aliphatic rings. The van der Waals surface area contributed by atoms with Crippen LogP contribution in [0.15, 0.2) is 73.1 Å². The van der Waals surface area contributed by atoms with Gasteiger partial charge in [-0.25, -0.2) is 4.68 Å². The minimum atomic E-state index is 0.263. The van der Waals surface area contributed by atoms with Crippen molar-refractivity contribution in [2.45, 2.75) is 56.9 Å². The first-order valence-electron chi connectivity index (χ1n) is 12.7. The molecule has 0 radical (unpaired) electrons. The standard InChI is InChI=1S/C29H32N4/c1-20(25-8-5-9-26(25)27-10-12-33(30-27)24-6-3-2-4-7-24)32-13-11-28(31-32)29-17-21-14-22(18-29)16-23(15-21)19-29/h2-13,20-23,25H,14-19H2,1H3/t20-,21?,22?,23?,25-,29?/m1/s1. The summed E-state index contributed by atoms with van der Waals surface area (Å²) >= 11 is 0. The molecule has 3 aromatic rings. The van der Waals surface area contributed by atoms with E-state index in [0.29, 0.717) is 5.41 Å². The first kappa shape index (κ1) is 19.6. The van der Waals surface area contributed by atoms with E-state index in [1.54, 1.807) is 0 Å². The number of benzene rings is 1. The molecule has 0 aliphatic heterocycles. The maximum absolute atomic E-state index is 5.26. The van der Waals surface area contributed by atoms with Gasteiger partial charge >= 0.3 is 0 Å². The lowest BCUT2D eigenvalue weighted by Gasteiger charge is -2.56. The Kier molecular flexibility index (Phi) is 4.34. The number of hydrogen-bond acceptors (Lipinski definition) is 2. The Bertz CT molecular complexity index is 1190. The quantitative estimate of drug-likeness (QED) is 0.466. The molecule has 4 nitrogen and oxygen atoms in total. The van der Waals surface area contributed by atoms with Crippen molar-refractivity contribution in [1.29, 1.82) is 0 Å². The van der Waals surface area contributed by atoms with E-state index in [0.717, 1.165) is 29.1 Å². The molecule has 5 aliphatic carbocycles. The van der Waals surface area contributed by atoms with Crippen LogP contribution in [-0.4, -0.2) is 19.6 Å². The maximum Gasteiger partial charge on any atom is 0.0894 e. The highest BCUT2D eigenvalue weighted by Gasteiger charge is 2.52. The predicted molar refractivity (Wildman–Crippen MR) is 131 cm³/mol. The number of allylic oxidation sites excluding steroid dienone is 4. The summed E-state index contributed by atoms with van der Waals surface area (Å²) in [7, 11) is 0. The summed E-state index contributed by atoms with van der Waals surface area (Å²) in [4.78, 5) is 0. The average molecular weight is 437 g/mol. The van der Waals surface area contributed by atoms with Crippen LogP contribution in [0.25, 0.3) is 11.3 Å². The number of nitrogens with zero attached hydrogens (tertiary/aromatic N) is 4. The Morgan fingerprint density at radius 2 is 1.61 bits per heavy atom. The number of aromatic nitrogens is 4. The van der Waals surface area contributed by atoms with Crippen molar-refractivity contribution in [3.8, 4) is 5.69 Å². The largest absolute Gasteiger partial charge is 0.269 e. The van der Waals surface area contributed by atoms with Crippen LogP contribution in [0, 0.1) is 23.7 Å². The lowest BCUT2D eigenvalue weighted by Crippen LogP contribution is -2.48. The van der Waals surface area contributed by atoms with E-state index in [9.17, 15) is 0 Å². The summed E-state index contributed by atoms with van der Waals surface area (Å²) in [6.45, 7) is 2.30. The summed E-state index contributed by atoms with van der Waals surface area (Å²) in [6.07, 6.45) is 19.6. The highest BCUT2D eigenvalue weighted by molar-refractivity contribution is 5.71. The molecule has 168 valence electrons. The minimum Gasteiger partial charge on any atom is -0.269 e. The predicted octanol–water partition coefficient (Wildman–Crippen LogP) is 6.37. The summed E-state index contributed by atoms with van der Waals surface area (Å²) in [5.74, 6) is 3.13. The molecule has 0 amide bonds. The van der Waals surface area contributed by atoms with Crippen molar-refractivity contribution in [1.82, 2.24) is 19.6 Å². The molecule has 2 atom stereocenters. The SMILES string of the molecule is C[C@H]([C@H]1C=CC=C1c1ccn(-c2ccccc2)n1)n1ccc(C23CC4CC(CC(C4)C2)C3)n1. The third-order valence-corrected chi connectivity index (χ3v) is 8.99. The van der Waals surface area contributed by atoms with Crippen LogP contribution >= 0.6 is 0 Å². The molecule has 2 aromatic heterocycles. The number of para-hydroxylation sites is 1. The molecule has 0 N–H and O–H groups in total. The van der Waals surface area contributed by atoms with Gasteiger partial charge in [-0.3, -0.25) is 4.68 Å². The molecule has 2 heterocycles. The van der Waals surface area contributed by atoms with Gasteiger partial charge in [-0.2, -0.15) is 10.2 Å². The third kappa shape index (κ3) is 3.18. The van der Waals surface area contributed by atoms with Gasteiger partial charge in [0.2, 0.25) is 0 Å². The molecular weight excluding hydrogens is 404 g/mol. The Labute approximate surface area is 196 Å². The second-order valence-corrected chi connectivity index (χ2v) is 11.1. The lowest BCUT2D eigenvalue weighted by atomic mass is 9.49. The highest BCUT2D eigenvalue weighted by Crippen LogP contribution is 2.60. The molecule has 4 bridgehead atoms. The highest BCUT2D eigenvalue weighted by atomic mass is 15.3. The first-order chi connectivity index (χ1) is 16.2. The second-order valence-electron chi connectivity index (χ2n) is 11.1. The summed E-state index contributed by atoms with van der Waals surface area (Å²) in [5, 5.41) is 10.2. The van der Waals surface area contributed by atoms with Gasteiger partial charge in [0.1, 0.15) is 0 Å². The Morgan fingerprint density at radius 3 is 2.33 bits per heavy atom. The van der Waals surface area contributed by atoms with Gasteiger partial charge in [-0.05, 0) is 93.0 Å². The van der Waals surface area contributed by atoms with Crippen molar-refractivity contribution in [2.75, 3.05) is 0 Å². The lowest BCUT2D eigenvalue weighted by molar-refractivity contribution is -0.00756. The summed E-state index contributed by atoms with van der Waals surface area (Å²) in [5.41, 5.74) is 5.15. The Balaban J connectivity index is 1.14. The summed E-state index contributed by atoms with van der Waals surface area (Å²) in [6, 6.07) is 15.1. The van der Waals surface area contributed by atoms with E-state index < -0.39 is 0 Å². The Morgan fingerprint density at radius 1 is 0.879 bits per heavy atom. The molecule has 0 spiro atoms. The van der Waals surface area contributed by atoms with Gasteiger partial charge < -0.3 is 0 Å². The fourth-order valence-electron chi connectivity index (χ4n) is 7.81. The van der Waals surface area contributed by atoms with Crippen LogP contribution in [0.4, 0.5) is 0 Å².